The maximum absolute atomic E-state index is 12.2. The average molecular weight is 335 g/mol. The summed E-state index contributed by atoms with van der Waals surface area (Å²) in [5.41, 5.74) is 0.347. The van der Waals surface area contributed by atoms with Crippen LogP contribution in [0.4, 0.5) is 0 Å². The van der Waals surface area contributed by atoms with Gasteiger partial charge in [0.15, 0.2) is 9.84 Å². The molecule has 1 aromatic carbocycles. The summed E-state index contributed by atoms with van der Waals surface area (Å²) >= 11 is 0. The van der Waals surface area contributed by atoms with E-state index in [1.807, 2.05) is 0 Å². The van der Waals surface area contributed by atoms with Crippen molar-refractivity contribution in [3.8, 4) is 5.75 Å². The summed E-state index contributed by atoms with van der Waals surface area (Å²) in [6.07, 6.45) is 0.268. The summed E-state index contributed by atoms with van der Waals surface area (Å²) in [5, 5.41) is 9.22. The quantitative estimate of drug-likeness (QED) is 0.761. The van der Waals surface area contributed by atoms with E-state index in [-0.39, 0.29) is 29.4 Å². The van der Waals surface area contributed by atoms with Crippen molar-refractivity contribution in [2.75, 3.05) is 18.6 Å². The number of rotatable bonds is 5. The lowest BCUT2D eigenvalue weighted by Gasteiger charge is -2.13. The molecular formula is C12H17NO6S2. The maximum atomic E-state index is 12.2. The molecule has 7 nitrogen and oxygen atoms in total. The molecule has 0 aromatic heterocycles. The summed E-state index contributed by atoms with van der Waals surface area (Å²) < 4.78 is 54.6. The van der Waals surface area contributed by atoms with Crippen molar-refractivity contribution >= 4 is 19.9 Å². The van der Waals surface area contributed by atoms with Crippen LogP contribution in [-0.4, -0.2) is 46.6 Å². The Balaban J connectivity index is 2.24. The van der Waals surface area contributed by atoms with Crippen LogP contribution in [0.3, 0.4) is 0 Å². The SMILES string of the molecule is COc1ccc(S(=O)(=O)NC2CCS(=O)(=O)C2)cc1CO. The number of methoxy groups -OCH3 is 1. The van der Waals surface area contributed by atoms with Gasteiger partial charge >= 0.3 is 0 Å². The molecule has 1 aromatic rings. The van der Waals surface area contributed by atoms with Crippen LogP contribution in [0.2, 0.25) is 0 Å². The monoisotopic (exact) mass is 335 g/mol. The van der Waals surface area contributed by atoms with Gasteiger partial charge in [-0.05, 0) is 24.6 Å². The predicted molar refractivity (Wildman–Crippen MR) is 76.3 cm³/mol. The molecule has 1 unspecified atom stereocenters. The third kappa shape index (κ3) is 3.73. The lowest BCUT2D eigenvalue weighted by atomic mass is 10.2. The van der Waals surface area contributed by atoms with Crippen LogP contribution >= 0.6 is 0 Å². The van der Waals surface area contributed by atoms with Gasteiger partial charge in [-0.25, -0.2) is 21.6 Å². The van der Waals surface area contributed by atoms with Crippen molar-refractivity contribution in [1.82, 2.24) is 4.72 Å². The number of sulfonamides is 1. The van der Waals surface area contributed by atoms with Gasteiger partial charge in [-0.1, -0.05) is 0 Å². The average Bonchev–Trinajstić information content (AvgIpc) is 2.76. The molecule has 1 saturated heterocycles. The molecule has 1 heterocycles. The molecule has 0 amide bonds. The first kappa shape index (κ1) is 16.2. The third-order valence-corrected chi connectivity index (χ3v) is 6.57. The van der Waals surface area contributed by atoms with Crippen LogP contribution in [0.5, 0.6) is 5.75 Å². The second-order valence-electron chi connectivity index (χ2n) is 4.85. The van der Waals surface area contributed by atoms with Gasteiger partial charge in [0, 0.05) is 11.6 Å². The van der Waals surface area contributed by atoms with E-state index in [0.717, 1.165) is 0 Å². The predicted octanol–water partition coefficient (Wildman–Crippen LogP) is -0.347. The zero-order valence-corrected chi connectivity index (χ0v) is 13.1. The Morgan fingerprint density at radius 2 is 2.14 bits per heavy atom. The number of hydrogen-bond acceptors (Lipinski definition) is 6. The van der Waals surface area contributed by atoms with Crippen molar-refractivity contribution in [2.45, 2.75) is 24.0 Å². The molecule has 0 bridgehead atoms. The Morgan fingerprint density at radius 1 is 1.43 bits per heavy atom. The standard InChI is InChI=1S/C12H17NO6S2/c1-19-12-3-2-11(6-9(12)7-14)21(17,18)13-10-4-5-20(15,16)8-10/h2-3,6,10,13-14H,4-5,7-8H2,1H3. The minimum Gasteiger partial charge on any atom is -0.496 e. The fourth-order valence-electron chi connectivity index (χ4n) is 2.22. The van der Waals surface area contributed by atoms with Gasteiger partial charge in [0.1, 0.15) is 5.75 Å². The summed E-state index contributed by atoms with van der Waals surface area (Å²) in [7, 11) is -5.57. The van der Waals surface area contributed by atoms with Crippen LogP contribution in [0, 0.1) is 0 Å². The first-order valence-corrected chi connectivity index (χ1v) is 9.58. The number of ether oxygens (including phenoxy) is 1. The zero-order chi connectivity index (χ0) is 15.7. The van der Waals surface area contributed by atoms with Gasteiger partial charge in [0.05, 0.1) is 30.1 Å². The summed E-state index contributed by atoms with van der Waals surface area (Å²) in [6, 6.07) is 3.50. The molecule has 1 fully saturated rings. The molecule has 0 aliphatic carbocycles. The Morgan fingerprint density at radius 3 is 2.67 bits per heavy atom. The summed E-state index contributed by atoms with van der Waals surface area (Å²) in [4.78, 5) is -0.0309. The largest absolute Gasteiger partial charge is 0.496 e. The number of sulfone groups is 1. The van der Waals surface area contributed by atoms with E-state index in [2.05, 4.69) is 4.72 Å². The van der Waals surface area contributed by atoms with Crippen molar-refractivity contribution in [2.24, 2.45) is 0 Å². The zero-order valence-electron chi connectivity index (χ0n) is 11.4. The maximum Gasteiger partial charge on any atom is 0.240 e. The topological polar surface area (TPSA) is 110 Å². The minimum absolute atomic E-state index is 0.00924. The van der Waals surface area contributed by atoms with E-state index < -0.39 is 25.9 Å². The van der Waals surface area contributed by atoms with E-state index in [0.29, 0.717) is 11.3 Å². The number of benzene rings is 1. The van der Waals surface area contributed by atoms with Gasteiger partial charge in [0.25, 0.3) is 0 Å². The van der Waals surface area contributed by atoms with Gasteiger partial charge in [-0.3, -0.25) is 0 Å². The molecule has 0 spiro atoms. The van der Waals surface area contributed by atoms with E-state index in [9.17, 15) is 21.9 Å². The molecule has 2 N–H and O–H groups in total. The molecule has 0 radical (unpaired) electrons. The van der Waals surface area contributed by atoms with Crippen LogP contribution < -0.4 is 9.46 Å². The number of aliphatic hydroxyl groups excluding tert-OH is 1. The fraction of sp³-hybridized carbons (Fsp3) is 0.500. The first-order valence-electron chi connectivity index (χ1n) is 6.28. The van der Waals surface area contributed by atoms with Crippen molar-refractivity contribution in [3.63, 3.8) is 0 Å². The smallest absolute Gasteiger partial charge is 0.240 e. The highest BCUT2D eigenvalue weighted by molar-refractivity contribution is 7.92. The van der Waals surface area contributed by atoms with Crippen LogP contribution in [0.15, 0.2) is 23.1 Å². The molecule has 0 saturated carbocycles. The minimum atomic E-state index is -3.83. The highest BCUT2D eigenvalue weighted by Crippen LogP contribution is 2.23. The third-order valence-electron chi connectivity index (χ3n) is 3.29. The second-order valence-corrected chi connectivity index (χ2v) is 8.80. The fourth-order valence-corrected chi connectivity index (χ4v) is 5.32. The molecule has 1 aliphatic heterocycles. The number of aliphatic hydroxyl groups is 1. The Hall–Kier alpha value is -1.16. The van der Waals surface area contributed by atoms with Gasteiger partial charge in [0.2, 0.25) is 10.0 Å². The second kappa shape index (κ2) is 5.91. The molecule has 21 heavy (non-hydrogen) atoms. The summed E-state index contributed by atoms with van der Waals surface area (Å²) in [5.74, 6) is 0.194. The molecular weight excluding hydrogens is 318 g/mol. The van der Waals surface area contributed by atoms with Crippen molar-refractivity contribution < 1.29 is 26.7 Å². The molecule has 1 aliphatic rings. The first-order chi connectivity index (χ1) is 9.77. The highest BCUT2D eigenvalue weighted by atomic mass is 32.2. The molecule has 118 valence electrons. The Labute approximate surface area is 123 Å². The van der Waals surface area contributed by atoms with Gasteiger partial charge < -0.3 is 9.84 Å². The van der Waals surface area contributed by atoms with E-state index in [1.165, 1.54) is 25.3 Å². The number of nitrogens with one attached hydrogen (secondary N) is 1. The lowest BCUT2D eigenvalue weighted by Crippen LogP contribution is -2.35. The van der Waals surface area contributed by atoms with Crippen molar-refractivity contribution in [1.29, 1.82) is 0 Å². The molecule has 2 rings (SSSR count). The summed E-state index contributed by atoms with van der Waals surface area (Å²) in [6.45, 7) is -0.357. The van der Waals surface area contributed by atoms with Crippen LogP contribution in [0.1, 0.15) is 12.0 Å². The van der Waals surface area contributed by atoms with E-state index in [1.54, 1.807) is 0 Å². The molecule has 9 heteroatoms. The Kier molecular flexibility index (Phi) is 4.57. The van der Waals surface area contributed by atoms with Gasteiger partial charge in [-0.2, -0.15) is 0 Å². The number of hydrogen-bond donors (Lipinski definition) is 2. The van der Waals surface area contributed by atoms with Gasteiger partial charge in [-0.15, -0.1) is 0 Å². The lowest BCUT2D eigenvalue weighted by molar-refractivity contribution is 0.273. The normalized spacial score (nSPS) is 21.3. The van der Waals surface area contributed by atoms with E-state index in [4.69, 9.17) is 4.74 Å². The van der Waals surface area contributed by atoms with E-state index >= 15 is 0 Å². The Bertz CT molecular complexity index is 726. The highest BCUT2D eigenvalue weighted by Gasteiger charge is 2.31. The van der Waals surface area contributed by atoms with Crippen LogP contribution in [-0.2, 0) is 26.5 Å². The molecule has 1 atom stereocenters. The van der Waals surface area contributed by atoms with Crippen molar-refractivity contribution in [3.05, 3.63) is 23.8 Å². The van der Waals surface area contributed by atoms with Crippen LogP contribution in [0.25, 0.3) is 0 Å².